The molecule has 4 heteroatoms. The molecule has 1 unspecified atom stereocenters. The van der Waals surface area contributed by atoms with E-state index in [9.17, 15) is 0 Å². The molecule has 0 saturated heterocycles. The fourth-order valence-electron chi connectivity index (χ4n) is 0.905. The van der Waals surface area contributed by atoms with Crippen molar-refractivity contribution in [2.24, 2.45) is 5.73 Å². The van der Waals surface area contributed by atoms with E-state index >= 15 is 0 Å². The Hall–Kier alpha value is -1.00. The van der Waals surface area contributed by atoms with Gasteiger partial charge in [-0.25, -0.2) is 9.97 Å². The van der Waals surface area contributed by atoms with Crippen LogP contribution in [0.25, 0.3) is 0 Å². The Morgan fingerprint density at radius 3 is 2.92 bits per heavy atom. The van der Waals surface area contributed by atoms with Gasteiger partial charge in [0.25, 0.3) is 0 Å². The van der Waals surface area contributed by atoms with Crippen LogP contribution in [0.5, 0.6) is 0 Å². The predicted molar refractivity (Wildman–Crippen MR) is 45.4 cm³/mol. The molecule has 0 saturated carbocycles. The first-order valence-electron chi connectivity index (χ1n) is 3.95. The van der Waals surface area contributed by atoms with Gasteiger partial charge in [-0.1, -0.05) is 6.92 Å². The molecule has 0 spiro atoms. The Morgan fingerprint density at radius 2 is 2.33 bits per heavy atom. The minimum atomic E-state index is -0.390. The number of aliphatic hydroxyl groups is 1. The van der Waals surface area contributed by atoms with Crippen LogP contribution in [0, 0.1) is 0 Å². The van der Waals surface area contributed by atoms with Crippen molar-refractivity contribution in [3.05, 3.63) is 23.8 Å². The third-order valence-electron chi connectivity index (χ3n) is 1.68. The van der Waals surface area contributed by atoms with Gasteiger partial charge in [-0.2, -0.15) is 0 Å². The van der Waals surface area contributed by atoms with Gasteiger partial charge >= 0.3 is 0 Å². The van der Waals surface area contributed by atoms with Crippen LogP contribution >= 0.6 is 0 Å². The lowest BCUT2D eigenvalue weighted by molar-refractivity contribution is 0.265. The van der Waals surface area contributed by atoms with Crippen molar-refractivity contribution in [3.63, 3.8) is 0 Å². The highest BCUT2D eigenvalue weighted by Gasteiger charge is 2.05. The average molecular weight is 167 g/mol. The van der Waals surface area contributed by atoms with E-state index in [-0.39, 0.29) is 6.61 Å². The Kier molecular flexibility index (Phi) is 3.13. The van der Waals surface area contributed by atoms with Crippen molar-refractivity contribution in [1.82, 2.24) is 9.97 Å². The second-order valence-electron chi connectivity index (χ2n) is 2.58. The summed E-state index contributed by atoms with van der Waals surface area (Å²) in [5.41, 5.74) is 7.22. The maximum absolute atomic E-state index is 8.77. The molecule has 0 aliphatic carbocycles. The van der Waals surface area contributed by atoms with E-state index in [1.807, 2.05) is 13.0 Å². The molecular weight excluding hydrogens is 154 g/mol. The summed E-state index contributed by atoms with van der Waals surface area (Å²) in [5, 5.41) is 8.77. The second-order valence-corrected chi connectivity index (χ2v) is 2.58. The Balaban J connectivity index is 2.86. The van der Waals surface area contributed by atoms with Crippen molar-refractivity contribution in [2.75, 3.05) is 6.61 Å². The van der Waals surface area contributed by atoms with E-state index in [2.05, 4.69) is 9.97 Å². The third kappa shape index (κ3) is 1.99. The third-order valence-corrected chi connectivity index (χ3v) is 1.68. The number of hydrogen-bond donors (Lipinski definition) is 2. The Labute approximate surface area is 71.5 Å². The molecule has 1 rings (SSSR count). The van der Waals surface area contributed by atoms with Crippen LogP contribution in [0.15, 0.2) is 12.4 Å². The summed E-state index contributed by atoms with van der Waals surface area (Å²) < 4.78 is 0. The molecule has 1 aromatic rings. The number of aryl methyl sites for hydroxylation is 1. The zero-order valence-corrected chi connectivity index (χ0v) is 7.07. The van der Waals surface area contributed by atoms with Gasteiger partial charge < -0.3 is 10.8 Å². The highest BCUT2D eigenvalue weighted by atomic mass is 16.3. The smallest absolute Gasteiger partial charge is 0.116 e. The first kappa shape index (κ1) is 9.09. The fraction of sp³-hybridized carbons (Fsp3) is 0.500. The minimum Gasteiger partial charge on any atom is -0.394 e. The van der Waals surface area contributed by atoms with Crippen molar-refractivity contribution >= 4 is 0 Å². The summed E-state index contributed by atoms with van der Waals surface area (Å²) in [6, 6.07) is 1.43. The molecule has 0 aliphatic rings. The molecule has 1 aromatic heterocycles. The topological polar surface area (TPSA) is 72.0 Å². The Morgan fingerprint density at radius 1 is 1.58 bits per heavy atom. The standard InChI is InChI=1S/C8H13N3O/c1-2-6-3-8(7(9)4-12)11-5-10-6/h3,5,7,12H,2,4,9H2,1H3. The van der Waals surface area contributed by atoms with Gasteiger partial charge in [0.1, 0.15) is 6.33 Å². The van der Waals surface area contributed by atoms with Crippen molar-refractivity contribution in [3.8, 4) is 0 Å². The summed E-state index contributed by atoms with van der Waals surface area (Å²) in [5.74, 6) is 0. The van der Waals surface area contributed by atoms with E-state index in [0.717, 1.165) is 12.1 Å². The molecule has 66 valence electrons. The lowest BCUT2D eigenvalue weighted by Gasteiger charge is -2.07. The van der Waals surface area contributed by atoms with Crippen LogP contribution in [0.1, 0.15) is 24.4 Å². The molecule has 0 radical (unpaired) electrons. The van der Waals surface area contributed by atoms with Crippen LogP contribution in [0.4, 0.5) is 0 Å². The van der Waals surface area contributed by atoms with Gasteiger partial charge in [-0.15, -0.1) is 0 Å². The Bertz CT molecular complexity index is 252. The number of nitrogens with zero attached hydrogens (tertiary/aromatic N) is 2. The lowest BCUT2D eigenvalue weighted by Crippen LogP contribution is -2.16. The first-order chi connectivity index (χ1) is 5.77. The number of hydrogen-bond acceptors (Lipinski definition) is 4. The molecule has 0 aliphatic heterocycles. The SMILES string of the molecule is CCc1cc(C(N)CO)ncn1. The maximum atomic E-state index is 8.77. The van der Waals surface area contributed by atoms with Crippen molar-refractivity contribution in [1.29, 1.82) is 0 Å². The molecule has 0 aromatic carbocycles. The predicted octanol–water partition coefficient (Wildman–Crippen LogP) is 0.0311. The molecule has 3 N–H and O–H groups in total. The van der Waals surface area contributed by atoms with E-state index < -0.39 is 6.04 Å². The monoisotopic (exact) mass is 167 g/mol. The quantitative estimate of drug-likeness (QED) is 0.666. The van der Waals surface area contributed by atoms with Gasteiger partial charge in [-0.05, 0) is 12.5 Å². The molecule has 12 heavy (non-hydrogen) atoms. The normalized spacial score (nSPS) is 12.9. The number of aliphatic hydroxyl groups excluding tert-OH is 1. The van der Waals surface area contributed by atoms with Gasteiger partial charge in [-0.3, -0.25) is 0 Å². The molecule has 0 amide bonds. The fourth-order valence-corrected chi connectivity index (χ4v) is 0.905. The minimum absolute atomic E-state index is 0.0832. The zero-order valence-electron chi connectivity index (χ0n) is 7.07. The summed E-state index contributed by atoms with van der Waals surface area (Å²) in [7, 11) is 0. The zero-order chi connectivity index (χ0) is 8.97. The first-order valence-corrected chi connectivity index (χ1v) is 3.95. The van der Waals surface area contributed by atoms with Crippen LogP contribution in [-0.4, -0.2) is 21.7 Å². The van der Waals surface area contributed by atoms with Gasteiger partial charge in [0, 0.05) is 5.69 Å². The van der Waals surface area contributed by atoms with Gasteiger partial charge in [0.2, 0.25) is 0 Å². The van der Waals surface area contributed by atoms with Gasteiger partial charge in [0.05, 0.1) is 18.3 Å². The lowest BCUT2D eigenvalue weighted by atomic mass is 10.2. The average Bonchev–Trinajstić information content (AvgIpc) is 2.17. The van der Waals surface area contributed by atoms with Crippen LogP contribution in [0.3, 0.4) is 0 Å². The summed E-state index contributed by atoms with van der Waals surface area (Å²) >= 11 is 0. The molecular formula is C8H13N3O. The molecule has 0 bridgehead atoms. The van der Waals surface area contributed by atoms with Crippen LogP contribution in [0.2, 0.25) is 0 Å². The molecule has 0 fully saturated rings. The molecule has 1 heterocycles. The van der Waals surface area contributed by atoms with E-state index in [1.165, 1.54) is 6.33 Å². The number of aromatic nitrogens is 2. The van der Waals surface area contributed by atoms with Crippen molar-refractivity contribution in [2.45, 2.75) is 19.4 Å². The highest BCUT2D eigenvalue weighted by Crippen LogP contribution is 2.06. The highest BCUT2D eigenvalue weighted by molar-refractivity contribution is 5.11. The van der Waals surface area contributed by atoms with Crippen LogP contribution < -0.4 is 5.73 Å². The van der Waals surface area contributed by atoms with E-state index in [0.29, 0.717) is 5.69 Å². The molecule has 1 atom stereocenters. The second kappa shape index (κ2) is 4.13. The summed E-state index contributed by atoms with van der Waals surface area (Å²) in [4.78, 5) is 7.99. The van der Waals surface area contributed by atoms with Crippen molar-refractivity contribution < 1.29 is 5.11 Å². The summed E-state index contributed by atoms with van der Waals surface area (Å²) in [6.45, 7) is 1.93. The molecule has 4 nitrogen and oxygen atoms in total. The number of rotatable bonds is 3. The van der Waals surface area contributed by atoms with E-state index in [4.69, 9.17) is 10.8 Å². The van der Waals surface area contributed by atoms with Crippen LogP contribution in [-0.2, 0) is 6.42 Å². The largest absolute Gasteiger partial charge is 0.394 e. The van der Waals surface area contributed by atoms with Gasteiger partial charge in [0.15, 0.2) is 0 Å². The maximum Gasteiger partial charge on any atom is 0.116 e. The summed E-state index contributed by atoms with van der Waals surface area (Å²) in [6.07, 6.45) is 2.33. The number of nitrogens with two attached hydrogens (primary N) is 1. The van der Waals surface area contributed by atoms with E-state index in [1.54, 1.807) is 0 Å².